The van der Waals surface area contributed by atoms with Crippen LogP contribution in [0, 0.1) is 11.8 Å². The van der Waals surface area contributed by atoms with E-state index in [1.807, 2.05) is 6.07 Å². The van der Waals surface area contributed by atoms with Crippen LogP contribution in [0.2, 0.25) is 0 Å². The molecule has 2 atom stereocenters. The first-order valence-electron chi connectivity index (χ1n) is 7.93. The van der Waals surface area contributed by atoms with Gasteiger partial charge in [-0.3, -0.25) is 0 Å². The van der Waals surface area contributed by atoms with Gasteiger partial charge >= 0.3 is 0 Å². The maximum Gasteiger partial charge on any atom is 0.225 e. The molecule has 0 amide bonds. The van der Waals surface area contributed by atoms with Gasteiger partial charge in [0.1, 0.15) is 5.82 Å². The molecule has 2 heterocycles. The lowest BCUT2D eigenvalue weighted by Crippen LogP contribution is -2.39. The number of benzene rings is 1. The Hall–Kier alpha value is -1.84. The van der Waals surface area contributed by atoms with Crippen molar-refractivity contribution in [1.82, 2.24) is 9.97 Å². The van der Waals surface area contributed by atoms with Crippen LogP contribution in [0.25, 0.3) is 10.9 Å². The standard InChI is InChI=1S/C17H24N4/c1-4-18-17-19-15-8-6-5-7-14(15)16(20-17)21-10-12(2)9-13(3)11-21/h5-8,12-13H,4,9-11H2,1-3H3,(H,18,19,20). The summed E-state index contributed by atoms with van der Waals surface area (Å²) in [5.41, 5.74) is 1.02. The van der Waals surface area contributed by atoms with E-state index < -0.39 is 0 Å². The number of nitrogens with zero attached hydrogens (tertiary/aromatic N) is 3. The normalized spacial score (nSPS) is 22.5. The summed E-state index contributed by atoms with van der Waals surface area (Å²) in [5, 5.41) is 4.41. The van der Waals surface area contributed by atoms with Crippen LogP contribution in [0.1, 0.15) is 27.2 Å². The van der Waals surface area contributed by atoms with Gasteiger partial charge in [0.15, 0.2) is 0 Å². The summed E-state index contributed by atoms with van der Waals surface area (Å²) in [7, 11) is 0. The Kier molecular flexibility index (Phi) is 3.95. The molecule has 0 bridgehead atoms. The van der Waals surface area contributed by atoms with E-state index in [1.54, 1.807) is 0 Å². The van der Waals surface area contributed by atoms with E-state index in [4.69, 9.17) is 4.98 Å². The molecule has 1 fully saturated rings. The van der Waals surface area contributed by atoms with Crippen molar-refractivity contribution in [3.05, 3.63) is 24.3 Å². The van der Waals surface area contributed by atoms with Gasteiger partial charge in [-0.05, 0) is 37.3 Å². The van der Waals surface area contributed by atoms with E-state index in [9.17, 15) is 0 Å². The molecule has 0 spiro atoms. The van der Waals surface area contributed by atoms with Gasteiger partial charge in [0.25, 0.3) is 0 Å². The Morgan fingerprint density at radius 1 is 1.14 bits per heavy atom. The molecule has 0 radical (unpaired) electrons. The van der Waals surface area contributed by atoms with Crippen LogP contribution in [-0.2, 0) is 0 Å². The maximum atomic E-state index is 4.79. The van der Waals surface area contributed by atoms with Crippen LogP contribution in [0.5, 0.6) is 0 Å². The third-order valence-electron chi connectivity index (χ3n) is 4.09. The second-order valence-corrected chi connectivity index (χ2v) is 6.27. The van der Waals surface area contributed by atoms with Crippen LogP contribution in [-0.4, -0.2) is 29.6 Å². The van der Waals surface area contributed by atoms with Crippen molar-refractivity contribution in [1.29, 1.82) is 0 Å². The predicted octanol–water partition coefficient (Wildman–Crippen LogP) is 3.54. The van der Waals surface area contributed by atoms with E-state index in [-0.39, 0.29) is 0 Å². The Bertz CT molecular complexity index is 615. The SMILES string of the molecule is CCNc1nc(N2CC(C)CC(C)C2)c2ccccc2n1. The zero-order valence-electron chi connectivity index (χ0n) is 13.1. The van der Waals surface area contributed by atoms with Crippen molar-refractivity contribution in [2.24, 2.45) is 11.8 Å². The van der Waals surface area contributed by atoms with E-state index in [0.29, 0.717) is 11.8 Å². The van der Waals surface area contributed by atoms with Gasteiger partial charge in [-0.25, -0.2) is 4.98 Å². The Morgan fingerprint density at radius 3 is 2.57 bits per heavy atom. The van der Waals surface area contributed by atoms with Crippen molar-refractivity contribution in [2.75, 3.05) is 29.9 Å². The van der Waals surface area contributed by atoms with E-state index in [1.165, 1.54) is 6.42 Å². The van der Waals surface area contributed by atoms with Gasteiger partial charge in [-0.2, -0.15) is 4.98 Å². The molecule has 1 aromatic carbocycles. The fourth-order valence-corrected chi connectivity index (χ4v) is 3.37. The molecule has 0 aliphatic carbocycles. The molecule has 1 aliphatic rings. The minimum absolute atomic E-state index is 0.713. The quantitative estimate of drug-likeness (QED) is 0.936. The van der Waals surface area contributed by atoms with E-state index in [0.717, 1.165) is 42.3 Å². The zero-order valence-corrected chi connectivity index (χ0v) is 13.1. The predicted molar refractivity (Wildman–Crippen MR) is 88.9 cm³/mol. The molecule has 1 saturated heterocycles. The number of para-hydroxylation sites is 1. The molecule has 21 heavy (non-hydrogen) atoms. The number of piperidine rings is 1. The highest BCUT2D eigenvalue weighted by molar-refractivity contribution is 5.90. The lowest BCUT2D eigenvalue weighted by Gasteiger charge is -2.36. The number of nitrogens with one attached hydrogen (secondary N) is 1. The summed E-state index contributed by atoms with van der Waals surface area (Å²) in [5.74, 6) is 3.24. The second kappa shape index (κ2) is 5.88. The fourth-order valence-electron chi connectivity index (χ4n) is 3.37. The van der Waals surface area contributed by atoms with Crippen molar-refractivity contribution in [2.45, 2.75) is 27.2 Å². The summed E-state index contributed by atoms with van der Waals surface area (Å²) >= 11 is 0. The largest absolute Gasteiger partial charge is 0.355 e. The number of hydrogen-bond acceptors (Lipinski definition) is 4. The topological polar surface area (TPSA) is 41.1 Å². The molecule has 4 nitrogen and oxygen atoms in total. The van der Waals surface area contributed by atoms with E-state index in [2.05, 4.69) is 54.2 Å². The monoisotopic (exact) mass is 284 g/mol. The fraction of sp³-hybridized carbons (Fsp3) is 0.529. The highest BCUT2D eigenvalue weighted by Crippen LogP contribution is 2.30. The maximum absolute atomic E-state index is 4.79. The van der Waals surface area contributed by atoms with Gasteiger partial charge in [-0.1, -0.05) is 26.0 Å². The number of hydrogen-bond donors (Lipinski definition) is 1. The molecule has 1 N–H and O–H groups in total. The third-order valence-corrected chi connectivity index (χ3v) is 4.09. The van der Waals surface area contributed by atoms with Crippen LogP contribution in [0.3, 0.4) is 0 Å². The van der Waals surface area contributed by atoms with Gasteiger partial charge in [0, 0.05) is 25.0 Å². The van der Waals surface area contributed by atoms with Crippen LogP contribution in [0.15, 0.2) is 24.3 Å². The molecule has 4 heteroatoms. The smallest absolute Gasteiger partial charge is 0.225 e. The average Bonchev–Trinajstić information content (AvgIpc) is 2.46. The Balaban J connectivity index is 2.06. The van der Waals surface area contributed by atoms with Crippen molar-refractivity contribution < 1.29 is 0 Å². The van der Waals surface area contributed by atoms with Gasteiger partial charge in [-0.15, -0.1) is 0 Å². The molecular formula is C17H24N4. The first kappa shape index (κ1) is 14.1. The molecule has 112 valence electrons. The number of aromatic nitrogens is 2. The minimum atomic E-state index is 0.713. The Labute approximate surface area is 126 Å². The molecule has 0 saturated carbocycles. The van der Waals surface area contributed by atoms with Crippen LogP contribution >= 0.6 is 0 Å². The van der Waals surface area contributed by atoms with Crippen molar-refractivity contribution >= 4 is 22.7 Å². The first-order chi connectivity index (χ1) is 10.2. The van der Waals surface area contributed by atoms with Gasteiger partial charge in [0.2, 0.25) is 5.95 Å². The van der Waals surface area contributed by atoms with Crippen molar-refractivity contribution in [3.63, 3.8) is 0 Å². The highest BCUT2D eigenvalue weighted by Gasteiger charge is 2.24. The average molecular weight is 284 g/mol. The van der Waals surface area contributed by atoms with Crippen molar-refractivity contribution in [3.8, 4) is 0 Å². The summed E-state index contributed by atoms with van der Waals surface area (Å²) in [6, 6.07) is 8.30. The summed E-state index contributed by atoms with van der Waals surface area (Å²) in [4.78, 5) is 11.8. The lowest BCUT2D eigenvalue weighted by molar-refractivity contribution is 0.356. The first-order valence-corrected chi connectivity index (χ1v) is 7.93. The summed E-state index contributed by atoms with van der Waals surface area (Å²) in [6.07, 6.45) is 1.31. The lowest BCUT2D eigenvalue weighted by atomic mass is 9.92. The van der Waals surface area contributed by atoms with Crippen LogP contribution < -0.4 is 10.2 Å². The Morgan fingerprint density at radius 2 is 1.86 bits per heavy atom. The summed E-state index contributed by atoms with van der Waals surface area (Å²) < 4.78 is 0. The minimum Gasteiger partial charge on any atom is -0.355 e. The second-order valence-electron chi connectivity index (χ2n) is 6.27. The van der Waals surface area contributed by atoms with Gasteiger partial charge < -0.3 is 10.2 Å². The molecular weight excluding hydrogens is 260 g/mol. The molecule has 2 unspecified atom stereocenters. The molecule has 1 aliphatic heterocycles. The highest BCUT2D eigenvalue weighted by atomic mass is 15.2. The molecule has 1 aromatic heterocycles. The number of rotatable bonds is 3. The van der Waals surface area contributed by atoms with Gasteiger partial charge in [0.05, 0.1) is 5.52 Å². The number of fused-ring (bicyclic) bond motifs is 1. The molecule has 2 aromatic rings. The molecule has 3 rings (SSSR count). The third kappa shape index (κ3) is 2.94. The number of anilines is 2. The van der Waals surface area contributed by atoms with E-state index >= 15 is 0 Å². The van der Waals surface area contributed by atoms with Crippen LogP contribution in [0.4, 0.5) is 11.8 Å². The zero-order chi connectivity index (χ0) is 14.8. The summed E-state index contributed by atoms with van der Waals surface area (Å²) in [6.45, 7) is 9.73.